The Labute approximate surface area is 213 Å². The molecule has 35 heavy (non-hydrogen) atoms. The fourth-order valence-corrected chi connectivity index (χ4v) is 4.72. The monoisotopic (exact) mass is 467 g/mol. The van der Waals surface area contributed by atoms with E-state index in [0.717, 1.165) is 18.5 Å². The predicted molar refractivity (Wildman–Crippen MR) is 152 cm³/mol. The molecule has 2 heteroatoms. The van der Waals surface area contributed by atoms with Crippen LogP contribution >= 0.6 is 0 Å². The van der Waals surface area contributed by atoms with Crippen molar-refractivity contribution in [2.24, 2.45) is 5.11 Å². The van der Waals surface area contributed by atoms with Gasteiger partial charge in [-0.25, -0.2) is 0 Å². The summed E-state index contributed by atoms with van der Waals surface area (Å²) in [4.78, 5) is 0. The van der Waals surface area contributed by atoms with Crippen molar-refractivity contribution in [1.82, 2.24) is 0 Å². The third kappa shape index (κ3) is 8.31. The lowest BCUT2D eigenvalue weighted by molar-refractivity contribution is -0.491. The molecule has 0 bridgehead atoms. The van der Waals surface area contributed by atoms with Gasteiger partial charge in [-0.1, -0.05) is 93.1 Å². The van der Waals surface area contributed by atoms with Crippen LogP contribution in [0.5, 0.6) is 0 Å². The van der Waals surface area contributed by atoms with Gasteiger partial charge < -0.3 is 0 Å². The van der Waals surface area contributed by atoms with Crippen LogP contribution in [0, 0.1) is 13.8 Å². The van der Waals surface area contributed by atoms with Crippen molar-refractivity contribution in [3.8, 4) is 11.1 Å². The Bertz CT molecular complexity index is 1140. The first-order chi connectivity index (χ1) is 17.0. The van der Waals surface area contributed by atoms with Gasteiger partial charge in [0.2, 0.25) is 0 Å². The summed E-state index contributed by atoms with van der Waals surface area (Å²) in [6, 6.07) is 21.8. The Morgan fingerprint density at radius 2 is 1.49 bits per heavy atom. The van der Waals surface area contributed by atoms with E-state index in [0.29, 0.717) is 0 Å². The van der Waals surface area contributed by atoms with Gasteiger partial charge in [0.05, 0.1) is 0 Å². The molecule has 0 saturated heterocycles. The highest BCUT2D eigenvalue weighted by Crippen LogP contribution is 2.26. The van der Waals surface area contributed by atoms with Crippen LogP contribution in [0.15, 0.2) is 72.0 Å². The van der Waals surface area contributed by atoms with E-state index in [1.165, 1.54) is 77.5 Å². The molecule has 0 aliphatic carbocycles. The van der Waals surface area contributed by atoms with E-state index in [2.05, 4.69) is 101 Å². The van der Waals surface area contributed by atoms with Gasteiger partial charge in [0, 0.05) is 6.08 Å². The van der Waals surface area contributed by atoms with Crippen LogP contribution in [-0.2, 0) is 12.8 Å². The van der Waals surface area contributed by atoms with E-state index >= 15 is 0 Å². The van der Waals surface area contributed by atoms with Crippen LogP contribution in [0.25, 0.3) is 17.2 Å². The van der Waals surface area contributed by atoms with Gasteiger partial charge in [0.15, 0.2) is 13.2 Å². The summed E-state index contributed by atoms with van der Waals surface area (Å²) in [6.45, 7) is 8.95. The van der Waals surface area contributed by atoms with E-state index in [4.69, 9.17) is 5.11 Å². The fourth-order valence-electron chi connectivity index (χ4n) is 4.72. The van der Waals surface area contributed by atoms with Crippen molar-refractivity contribution < 1.29 is 4.70 Å². The van der Waals surface area contributed by atoms with Gasteiger partial charge in [-0.2, -0.15) is 0 Å². The highest BCUT2D eigenvalue weighted by atomic mass is 15.2. The van der Waals surface area contributed by atoms with Gasteiger partial charge in [0.25, 0.3) is 0 Å². The smallest absolute Gasteiger partial charge is 0.0934 e. The topological polar surface area (TPSA) is 15.4 Å². The number of rotatable bonds is 12. The summed E-state index contributed by atoms with van der Waals surface area (Å²) >= 11 is 0. The fraction of sp³-hybridized carbons (Fsp3) is 0.394. The summed E-state index contributed by atoms with van der Waals surface area (Å²) in [7, 11) is 2.02. The molecule has 0 amide bonds. The van der Waals surface area contributed by atoms with Gasteiger partial charge in [-0.3, -0.25) is 0 Å². The second-order valence-electron chi connectivity index (χ2n) is 9.75. The number of azo groups is 2. The minimum absolute atomic E-state index is 1.05. The third-order valence-corrected chi connectivity index (χ3v) is 6.75. The lowest BCUT2D eigenvalue weighted by Crippen LogP contribution is -1.97. The molecule has 0 heterocycles. The Morgan fingerprint density at radius 3 is 2.23 bits per heavy atom. The van der Waals surface area contributed by atoms with E-state index in [1.807, 2.05) is 11.7 Å². The molecule has 3 rings (SSSR count). The zero-order chi connectivity index (χ0) is 25.0. The standard InChI is InChI=1S/C33H43N2/c1-6-8-9-10-11-13-18-31-25-33(24-29(7-2)27(31)4)34-35(5)20-19-28-21-26(3)22-32(23-28)30-16-14-12-15-17-30/h12,14-17,19-25H,6-11,13,18H2,1-5H3/q+1. The van der Waals surface area contributed by atoms with Gasteiger partial charge in [0.1, 0.15) is 5.69 Å². The SMILES string of the molecule is CCCCCCCCc1cc(N=[N+](C)C=Cc2cc(C)cc(-c3ccccc3)c2)cc(CC)c1C. The van der Waals surface area contributed by atoms with Crippen molar-refractivity contribution in [1.29, 1.82) is 0 Å². The molecule has 0 fully saturated rings. The normalized spacial score (nSPS) is 12.0. The molecule has 0 aliphatic heterocycles. The largest absolute Gasteiger partial charge is 0.196 e. The van der Waals surface area contributed by atoms with Crippen LogP contribution in [0.1, 0.15) is 80.2 Å². The minimum Gasteiger partial charge on any atom is -0.0934 e. The third-order valence-electron chi connectivity index (χ3n) is 6.75. The lowest BCUT2D eigenvalue weighted by atomic mass is 9.95. The van der Waals surface area contributed by atoms with E-state index in [1.54, 1.807) is 0 Å². The van der Waals surface area contributed by atoms with Crippen molar-refractivity contribution in [2.45, 2.75) is 79.1 Å². The van der Waals surface area contributed by atoms with Crippen LogP contribution in [-0.4, -0.2) is 11.7 Å². The van der Waals surface area contributed by atoms with E-state index in [-0.39, 0.29) is 0 Å². The minimum atomic E-state index is 1.05. The number of hydrogen-bond acceptors (Lipinski definition) is 1. The summed E-state index contributed by atoms with van der Waals surface area (Å²) in [5.74, 6) is 0. The van der Waals surface area contributed by atoms with Gasteiger partial charge >= 0.3 is 0 Å². The second-order valence-corrected chi connectivity index (χ2v) is 9.75. The molecule has 3 aromatic carbocycles. The number of nitrogens with zero attached hydrogens (tertiary/aromatic N) is 2. The van der Waals surface area contributed by atoms with Crippen molar-refractivity contribution in [3.05, 3.63) is 94.7 Å². The van der Waals surface area contributed by atoms with Crippen molar-refractivity contribution in [2.75, 3.05) is 7.05 Å². The summed E-state index contributed by atoms with van der Waals surface area (Å²) < 4.78 is 1.93. The number of benzene rings is 3. The van der Waals surface area contributed by atoms with Crippen LogP contribution < -0.4 is 0 Å². The predicted octanol–water partition coefficient (Wildman–Crippen LogP) is 9.83. The van der Waals surface area contributed by atoms with Crippen LogP contribution in [0.2, 0.25) is 0 Å². The molecule has 0 atom stereocenters. The Hall–Kier alpha value is -3.00. The molecule has 0 spiro atoms. The van der Waals surface area contributed by atoms with Crippen molar-refractivity contribution >= 4 is 11.8 Å². The van der Waals surface area contributed by atoms with Crippen LogP contribution in [0.3, 0.4) is 0 Å². The average Bonchev–Trinajstić information content (AvgIpc) is 2.86. The summed E-state index contributed by atoms with van der Waals surface area (Å²) in [5, 5.41) is 4.90. The van der Waals surface area contributed by atoms with E-state index < -0.39 is 0 Å². The Balaban J connectivity index is 1.74. The molecule has 0 saturated carbocycles. The zero-order valence-electron chi connectivity index (χ0n) is 22.5. The maximum absolute atomic E-state index is 4.90. The Morgan fingerprint density at radius 1 is 0.771 bits per heavy atom. The summed E-state index contributed by atoms with van der Waals surface area (Å²) in [5.41, 5.74) is 10.3. The first kappa shape index (κ1) is 26.6. The molecule has 184 valence electrons. The molecule has 2 nitrogen and oxygen atoms in total. The Kier molecular flexibility index (Phi) is 10.5. The van der Waals surface area contributed by atoms with Crippen LogP contribution in [0.4, 0.5) is 5.69 Å². The maximum Gasteiger partial charge on any atom is 0.196 e. The zero-order valence-corrected chi connectivity index (χ0v) is 22.5. The molecule has 0 radical (unpaired) electrons. The molecular weight excluding hydrogens is 424 g/mol. The highest BCUT2D eigenvalue weighted by molar-refractivity contribution is 5.68. The van der Waals surface area contributed by atoms with Gasteiger partial charge in [-0.05, 0) is 95.4 Å². The molecule has 0 aromatic heterocycles. The maximum atomic E-state index is 4.90. The highest BCUT2D eigenvalue weighted by Gasteiger charge is 2.09. The average molecular weight is 468 g/mol. The first-order valence-electron chi connectivity index (χ1n) is 13.4. The molecular formula is C33H43N2+. The van der Waals surface area contributed by atoms with E-state index in [9.17, 15) is 0 Å². The molecule has 0 unspecified atom stereocenters. The second kappa shape index (κ2) is 13.8. The quantitative estimate of drug-likeness (QED) is 0.143. The number of unbranched alkanes of at least 4 members (excludes halogenated alkanes) is 5. The first-order valence-corrected chi connectivity index (χ1v) is 13.4. The van der Waals surface area contributed by atoms with Gasteiger partial charge in [-0.15, -0.1) is 0 Å². The number of aryl methyl sites for hydroxylation is 3. The molecule has 3 aromatic rings. The lowest BCUT2D eigenvalue weighted by Gasteiger charge is -2.11. The number of hydrogen-bond donors (Lipinski definition) is 0. The summed E-state index contributed by atoms with van der Waals surface area (Å²) in [6.07, 6.45) is 14.4. The van der Waals surface area contributed by atoms with Crippen molar-refractivity contribution in [3.63, 3.8) is 0 Å². The molecule has 0 aliphatic rings. The molecule has 0 N–H and O–H groups in total.